The molecule has 2 atom stereocenters. The normalized spacial score (nSPS) is 17.9. The number of aliphatic imine (C=N–C) groups is 1. The molecule has 0 radical (unpaired) electrons. The van der Waals surface area contributed by atoms with E-state index in [0.29, 0.717) is 11.6 Å². The highest BCUT2D eigenvalue weighted by atomic mass is 16.6. The summed E-state index contributed by atoms with van der Waals surface area (Å²) >= 11 is 0. The van der Waals surface area contributed by atoms with Crippen LogP contribution in [0.1, 0.15) is 29.5 Å². The first-order valence-electron chi connectivity index (χ1n) is 12.3. The van der Waals surface area contributed by atoms with Gasteiger partial charge in [-0.2, -0.15) is 0 Å². The van der Waals surface area contributed by atoms with E-state index in [2.05, 4.69) is 29.2 Å². The van der Waals surface area contributed by atoms with E-state index < -0.39 is 17.4 Å². The third-order valence-corrected chi connectivity index (χ3v) is 7.07. The summed E-state index contributed by atoms with van der Waals surface area (Å²) in [4.78, 5) is 22.4. The SMILES string of the molecule is COc1ccccc1[C@H](c1c(-c2ccccc2)[nH]c2ccccc12)[C@]1(C)N=C(c2ccccc2)OC1=O. The summed E-state index contributed by atoms with van der Waals surface area (Å²) in [6.45, 7) is 1.86. The predicted molar refractivity (Wildman–Crippen MR) is 146 cm³/mol. The van der Waals surface area contributed by atoms with Crippen molar-refractivity contribution in [2.45, 2.75) is 18.4 Å². The molecule has 4 aromatic carbocycles. The number of fused-ring (bicyclic) bond motifs is 1. The van der Waals surface area contributed by atoms with Gasteiger partial charge in [0.2, 0.25) is 5.90 Å². The van der Waals surface area contributed by atoms with Crippen molar-refractivity contribution in [1.29, 1.82) is 0 Å². The number of aromatic nitrogens is 1. The van der Waals surface area contributed by atoms with Gasteiger partial charge in [0, 0.05) is 22.0 Å². The molecule has 0 fully saturated rings. The first-order valence-corrected chi connectivity index (χ1v) is 12.3. The number of nitrogens with zero attached hydrogens (tertiary/aromatic N) is 1. The summed E-state index contributed by atoms with van der Waals surface area (Å²) in [7, 11) is 1.65. The van der Waals surface area contributed by atoms with Gasteiger partial charge in [0.25, 0.3) is 0 Å². The molecule has 0 saturated heterocycles. The molecule has 0 bridgehead atoms. The van der Waals surface area contributed by atoms with Crippen LogP contribution in [0.3, 0.4) is 0 Å². The molecule has 1 aliphatic heterocycles. The molecule has 1 N–H and O–H groups in total. The largest absolute Gasteiger partial charge is 0.496 e. The van der Waals surface area contributed by atoms with Gasteiger partial charge < -0.3 is 14.5 Å². The van der Waals surface area contributed by atoms with Gasteiger partial charge >= 0.3 is 5.97 Å². The number of ether oxygens (including phenoxy) is 2. The van der Waals surface area contributed by atoms with E-state index in [-0.39, 0.29) is 0 Å². The van der Waals surface area contributed by atoms with E-state index in [4.69, 9.17) is 14.5 Å². The summed E-state index contributed by atoms with van der Waals surface area (Å²) in [5.74, 6) is 0.124. The highest BCUT2D eigenvalue weighted by molar-refractivity contribution is 6.09. The number of rotatable bonds is 6. The van der Waals surface area contributed by atoms with Gasteiger partial charge in [0.15, 0.2) is 5.54 Å². The third-order valence-electron chi connectivity index (χ3n) is 7.07. The van der Waals surface area contributed by atoms with Crippen molar-refractivity contribution in [2.24, 2.45) is 4.99 Å². The van der Waals surface area contributed by atoms with Crippen LogP contribution in [0.4, 0.5) is 0 Å². The number of carbonyl (C=O) groups excluding carboxylic acids is 1. The maximum atomic E-state index is 13.8. The molecule has 182 valence electrons. The third kappa shape index (κ3) is 3.80. The molecule has 37 heavy (non-hydrogen) atoms. The quantitative estimate of drug-likeness (QED) is 0.270. The topological polar surface area (TPSA) is 63.7 Å². The Labute approximate surface area is 215 Å². The van der Waals surface area contributed by atoms with E-state index in [0.717, 1.165) is 38.9 Å². The van der Waals surface area contributed by atoms with Gasteiger partial charge in [-0.3, -0.25) is 0 Å². The zero-order valence-electron chi connectivity index (χ0n) is 20.6. The number of para-hydroxylation sites is 2. The molecule has 0 unspecified atom stereocenters. The number of carbonyl (C=O) groups is 1. The van der Waals surface area contributed by atoms with Gasteiger partial charge in [-0.05, 0) is 42.3 Å². The van der Waals surface area contributed by atoms with Crippen molar-refractivity contribution in [3.8, 4) is 17.0 Å². The molecule has 5 nitrogen and oxygen atoms in total. The highest BCUT2D eigenvalue weighted by Gasteiger charge is 2.51. The van der Waals surface area contributed by atoms with Crippen molar-refractivity contribution < 1.29 is 14.3 Å². The van der Waals surface area contributed by atoms with Crippen molar-refractivity contribution in [3.05, 3.63) is 126 Å². The summed E-state index contributed by atoms with van der Waals surface area (Å²) < 4.78 is 11.7. The Bertz CT molecular complexity index is 1620. The summed E-state index contributed by atoms with van der Waals surface area (Å²) in [6.07, 6.45) is 0. The van der Waals surface area contributed by atoms with Crippen LogP contribution in [-0.4, -0.2) is 29.5 Å². The summed E-state index contributed by atoms with van der Waals surface area (Å²) in [5, 5.41) is 1.02. The maximum absolute atomic E-state index is 13.8. The number of esters is 1. The van der Waals surface area contributed by atoms with E-state index in [9.17, 15) is 4.79 Å². The number of benzene rings is 4. The van der Waals surface area contributed by atoms with E-state index in [1.807, 2.05) is 91.9 Å². The van der Waals surface area contributed by atoms with Crippen molar-refractivity contribution in [2.75, 3.05) is 7.11 Å². The highest BCUT2D eigenvalue weighted by Crippen LogP contribution is 2.49. The van der Waals surface area contributed by atoms with Gasteiger partial charge in [0.05, 0.1) is 18.7 Å². The van der Waals surface area contributed by atoms with Crippen LogP contribution in [0, 0.1) is 0 Å². The molecule has 5 heteroatoms. The fraction of sp³-hybridized carbons (Fsp3) is 0.125. The Hall–Kier alpha value is -4.64. The van der Waals surface area contributed by atoms with Gasteiger partial charge in [-0.25, -0.2) is 9.79 Å². The molecule has 1 aliphatic rings. The first kappa shape index (κ1) is 22.8. The number of aromatic amines is 1. The second kappa shape index (κ2) is 9.10. The van der Waals surface area contributed by atoms with Gasteiger partial charge in [-0.15, -0.1) is 0 Å². The van der Waals surface area contributed by atoms with Crippen molar-refractivity contribution in [3.63, 3.8) is 0 Å². The molecule has 2 heterocycles. The van der Waals surface area contributed by atoms with Crippen molar-refractivity contribution in [1.82, 2.24) is 4.98 Å². The summed E-state index contributed by atoms with van der Waals surface area (Å²) in [5.41, 5.74) is 4.31. The van der Waals surface area contributed by atoms with Crippen LogP contribution >= 0.6 is 0 Å². The fourth-order valence-electron chi connectivity index (χ4n) is 5.30. The summed E-state index contributed by atoms with van der Waals surface area (Å²) in [6, 6.07) is 35.7. The Balaban J connectivity index is 1.67. The van der Waals surface area contributed by atoms with Crippen LogP contribution in [0.5, 0.6) is 5.75 Å². The Morgan fingerprint density at radius 1 is 0.811 bits per heavy atom. The molecule has 0 aliphatic carbocycles. The van der Waals surface area contributed by atoms with Crippen LogP contribution < -0.4 is 4.74 Å². The molecular formula is C32H26N2O3. The lowest BCUT2D eigenvalue weighted by Gasteiger charge is -2.30. The Morgan fingerprint density at radius 2 is 1.43 bits per heavy atom. The molecule has 0 saturated carbocycles. The smallest absolute Gasteiger partial charge is 0.341 e. The van der Waals surface area contributed by atoms with Crippen LogP contribution in [0.25, 0.3) is 22.2 Å². The lowest BCUT2D eigenvalue weighted by atomic mass is 9.74. The number of cyclic esters (lactones) is 1. The van der Waals surface area contributed by atoms with E-state index in [1.165, 1.54) is 0 Å². The molecule has 6 rings (SSSR count). The number of hydrogen-bond donors (Lipinski definition) is 1. The lowest BCUT2D eigenvalue weighted by Crippen LogP contribution is -2.38. The van der Waals surface area contributed by atoms with Gasteiger partial charge in [0.1, 0.15) is 5.75 Å². The second-order valence-electron chi connectivity index (χ2n) is 9.32. The standard InChI is InChI=1S/C32H26N2O3/c1-32(31(35)37-30(34-32)22-15-7-4-8-16-22)28(24-18-10-12-20-26(24)36-2)27-23-17-9-11-19-25(23)33-29(27)21-13-5-3-6-14-21/h3-20,28,33H,1-2H3/t28-,32+/m1/s1. The van der Waals surface area contributed by atoms with Crippen LogP contribution in [0.2, 0.25) is 0 Å². The van der Waals surface area contributed by atoms with Crippen LogP contribution in [0.15, 0.2) is 114 Å². The number of methoxy groups -OCH3 is 1. The van der Waals surface area contributed by atoms with E-state index in [1.54, 1.807) is 7.11 Å². The average Bonchev–Trinajstić information content (AvgIpc) is 3.48. The average molecular weight is 487 g/mol. The zero-order chi connectivity index (χ0) is 25.4. The number of H-pyrrole nitrogens is 1. The molecule has 1 aromatic heterocycles. The lowest BCUT2D eigenvalue weighted by molar-refractivity contribution is -0.138. The predicted octanol–water partition coefficient (Wildman–Crippen LogP) is 6.74. The van der Waals surface area contributed by atoms with Crippen LogP contribution in [-0.2, 0) is 9.53 Å². The van der Waals surface area contributed by atoms with E-state index >= 15 is 0 Å². The first-order chi connectivity index (χ1) is 18.1. The monoisotopic (exact) mass is 486 g/mol. The van der Waals surface area contributed by atoms with Gasteiger partial charge in [-0.1, -0.05) is 84.9 Å². The number of nitrogens with one attached hydrogen (secondary N) is 1. The Kier molecular flexibility index (Phi) is 5.61. The molecule has 0 spiro atoms. The maximum Gasteiger partial charge on any atom is 0.341 e. The number of hydrogen-bond acceptors (Lipinski definition) is 4. The second-order valence-corrected chi connectivity index (χ2v) is 9.32. The minimum absolute atomic E-state index is 0.328. The minimum Gasteiger partial charge on any atom is -0.496 e. The molecular weight excluding hydrogens is 460 g/mol. The zero-order valence-corrected chi connectivity index (χ0v) is 20.6. The molecule has 0 amide bonds. The minimum atomic E-state index is -1.24. The molecule has 5 aromatic rings. The fourth-order valence-corrected chi connectivity index (χ4v) is 5.30. The Morgan fingerprint density at radius 3 is 2.16 bits per heavy atom. The van der Waals surface area contributed by atoms with Crippen molar-refractivity contribution >= 4 is 22.8 Å².